The fourth-order valence-corrected chi connectivity index (χ4v) is 2.53. The molecule has 4 N–H and O–H groups in total. The molecule has 28 heavy (non-hydrogen) atoms. The molecule has 2 aromatic rings. The molecule has 0 saturated heterocycles. The van der Waals surface area contributed by atoms with Gasteiger partial charge in [-0.3, -0.25) is 15.3 Å². The van der Waals surface area contributed by atoms with Crippen LogP contribution in [0.3, 0.4) is 0 Å². The second-order valence-corrected chi connectivity index (χ2v) is 6.62. The van der Waals surface area contributed by atoms with Crippen molar-refractivity contribution in [2.45, 2.75) is 20.0 Å². The highest BCUT2D eigenvalue weighted by Gasteiger charge is 2.33. The minimum atomic E-state index is -1.01. The van der Waals surface area contributed by atoms with Crippen LogP contribution in [0.5, 0.6) is 5.75 Å². The molecule has 0 radical (unpaired) electrons. The summed E-state index contributed by atoms with van der Waals surface area (Å²) >= 11 is 0. The highest BCUT2D eigenvalue weighted by molar-refractivity contribution is 5.86. The number of halogens is 1. The Balaban J connectivity index is 2.32. The van der Waals surface area contributed by atoms with Crippen molar-refractivity contribution in [3.8, 4) is 5.75 Å². The molecule has 148 valence electrons. The zero-order chi connectivity index (χ0) is 20.7. The molecule has 0 aliphatic carbocycles. The zero-order valence-electron chi connectivity index (χ0n) is 15.3. The predicted octanol–water partition coefficient (Wildman–Crippen LogP) is 3.91. The van der Waals surface area contributed by atoms with Gasteiger partial charge in [-0.05, 0) is 29.8 Å². The monoisotopic (exact) mass is 388 g/mol. The Morgan fingerprint density at radius 1 is 1.18 bits per heavy atom. The van der Waals surface area contributed by atoms with Gasteiger partial charge in [0.1, 0.15) is 6.10 Å². The third-order valence-electron chi connectivity index (χ3n) is 3.97. The number of rotatable bonds is 6. The van der Waals surface area contributed by atoms with E-state index < -0.39 is 35.1 Å². The van der Waals surface area contributed by atoms with Crippen molar-refractivity contribution in [2.75, 3.05) is 5.32 Å². The fraction of sp³-hybridized carbons (Fsp3) is 0.200. The van der Waals surface area contributed by atoms with Crippen molar-refractivity contribution in [1.29, 1.82) is 0 Å². The summed E-state index contributed by atoms with van der Waals surface area (Å²) in [5.74, 6) is -2.18. The molecule has 0 aliphatic rings. The Labute approximate surface area is 161 Å². The third kappa shape index (κ3) is 5.55. The normalized spacial score (nSPS) is 12.4. The van der Waals surface area contributed by atoms with Crippen molar-refractivity contribution in [3.05, 3.63) is 72.1 Å². The lowest BCUT2D eigenvalue weighted by atomic mass is 9.82. The maximum atomic E-state index is 13.9. The van der Waals surface area contributed by atoms with E-state index in [9.17, 15) is 19.1 Å². The molecule has 2 rings (SSSR count). The molecule has 1 atom stereocenters. The zero-order valence-corrected chi connectivity index (χ0v) is 15.3. The second kappa shape index (κ2) is 9.01. The van der Waals surface area contributed by atoms with Gasteiger partial charge in [-0.2, -0.15) is 0 Å². The quantitative estimate of drug-likeness (QED) is 0.341. The van der Waals surface area contributed by atoms with E-state index in [-0.39, 0.29) is 5.56 Å². The third-order valence-corrected chi connectivity index (χ3v) is 3.97. The Kier molecular flexibility index (Phi) is 6.73. The van der Waals surface area contributed by atoms with E-state index in [1.165, 1.54) is 17.6 Å². The van der Waals surface area contributed by atoms with Crippen LogP contribution in [0.15, 0.2) is 60.7 Å². The lowest BCUT2D eigenvalue weighted by molar-refractivity contribution is -0.124. The summed E-state index contributed by atoms with van der Waals surface area (Å²) in [6.45, 7) is 3.33. The van der Waals surface area contributed by atoms with E-state index >= 15 is 0 Å². The van der Waals surface area contributed by atoms with E-state index in [2.05, 4.69) is 5.32 Å². The van der Waals surface area contributed by atoms with Gasteiger partial charge in [-0.25, -0.2) is 14.7 Å². The highest BCUT2D eigenvalue weighted by Crippen LogP contribution is 2.39. The number of hydrogen-bond donors (Lipinski definition) is 4. The Bertz CT molecular complexity index is 868. The van der Waals surface area contributed by atoms with Gasteiger partial charge in [0, 0.05) is 17.2 Å². The van der Waals surface area contributed by atoms with Crippen LogP contribution in [0, 0.1) is 11.2 Å². The minimum Gasteiger partial charge on any atom is -0.505 e. The molecule has 0 unspecified atom stereocenters. The molecular weight excluding hydrogens is 367 g/mol. The first-order valence-corrected chi connectivity index (χ1v) is 8.37. The maximum Gasteiger partial charge on any atom is 0.412 e. The van der Waals surface area contributed by atoms with Gasteiger partial charge in [-0.1, -0.05) is 44.2 Å². The summed E-state index contributed by atoms with van der Waals surface area (Å²) in [6.07, 6.45) is 0.707. The number of benzene rings is 2. The van der Waals surface area contributed by atoms with E-state index in [4.69, 9.17) is 9.94 Å². The number of para-hydroxylation sites is 1. The van der Waals surface area contributed by atoms with Crippen LogP contribution in [-0.2, 0) is 9.53 Å². The second-order valence-electron chi connectivity index (χ2n) is 6.62. The van der Waals surface area contributed by atoms with Crippen molar-refractivity contribution in [1.82, 2.24) is 5.48 Å². The van der Waals surface area contributed by atoms with Crippen LogP contribution in [-0.4, -0.2) is 22.3 Å². The van der Waals surface area contributed by atoms with Crippen molar-refractivity contribution < 1.29 is 29.0 Å². The number of nitrogens with one attached hydrogen (secondary N) is 2. The first kappa shape index (κ1) is 20.9. The maximum absolute atomic E-state index is 13.9. The molecule has 2 aromatic carbocycles. The number of ether oxygens (including phenoxy) is 1. The Morgan fingerprint density at radius 2 is 1.86 bits per heavy atom. The summed E-state index contributed by atoms with van der Waals surface area (Å²) < 4.78 is 19.4. The number of aromatic hydroxyl groups is 1. The topological polar surface area (TPSA) is 108 Å². The average Bonchev–Trinajstić information content (AvgIpc) is 2.67. The van der Waals surface area contributed by atoms with Crippen LogP contribution in [0.1, 0.15) is 25.5 Å². The van der Waals surface area contributed by atoms with Crippen molar-refractivity contribution >= 4 is 17.7 Å². The van der Waals surface area contributed by atoms with Crippen molar-refractivity contribution in [2.24, 2.45) is 5.41 Å². The van der Waals surface area contributed by atoms with Gasteiger partial charge >= 0.3 is 6.09 Å². The number of phenols is 1. The molecule has 0 saturated carbocycles. The van der Waals surface area contributed by atoms with Gasteiger partial charge in [-0.15, -0.1) is 0 Å². The number of carbonyl (C=O) groups excluding carboxylic acids is 2. The summed E-state index contributed by atoms with van der Waals surface area (Å²) in [4.78, 5) is 23.7. The molecule has 8 heteroatoms. The van der Waals surface area contributed by atoms with Gasteiger partial charge in [0.2, 0.25) is 0 Å². The molecule has 0 heterocycles. The number of hydrogen-bond acceptors (Lipinski definition) is 5. The standard InChI is InChI=1S/C20H21FN2O5/c1-20(2,11-10-17(25)23-27)18(13-8-9-16(24)15(21)12-13)28-19(26)22-14-6-4-3-5-7-14/h3-12,18,24,27H,1-2H3,(H,22,26)(H,23,25)/b11-10+/t18-/m0/s1. The Morgan fingerprint density at radius 3 is 2.46 bits per heavy atom. The van der Waals surface area contributed by atoms with Gasteiger partial charge in [0.05, 0.1) is 0 Å². The average molecular weight is 388 g/mol. The number of amides is 2. The summed E-state index contributed by atoms with van der Waals surface area (Å²) in [6, 6.07) is 12.2. The molecule has 0 bridgehead atoms. The smallest absolute Gasteiger partial charge is 0.412 e. The van der Waals surface area contributed by atoms with Gasteiger partial charge < -0.3 is 9.84 Å². The lowest BCUT2D eigenvalue weighted by Crippen LogP contribution is -2.28. The summed E-state index contributed by atoms with van der Waals surface area (Å²) in [7, 11) is 0. The fourth-order valence-electron chi connectivity index (χ4n) is 2.53. The molecule has 0 aliphatic heterocycles. The highest BCUT2D eigenvalue weighted by atomic mass is 19.1. The van der Waals surface area contributed by atoms with Gasteiger partial charge in [0.15, 0.2) is 11.6 Å². The molecule has 2 amide bonds. The first-order valence-electron chi connectivity index (χ1n) is 8.37. The van der Waals surface area contributed by atoms with Crippen LogP contribution in [0.25, 0.3) is 0 Å². The molecule has 0 aromatic heterocycles. The molecule has 0 spiro atoms. The predicted molar refractivity (Wildman–Crippen MR) is 100 cm³/mol. The van der Waals surface area contributed by atoms with E-state index in [0.717, 1.165) is 18.2 Å². The number of carbonyl (C=O) groups is 2. The van der Waals surface area contributed by atoms with E-state index in [1.807, 2.05) is 0 Å². The Hall–Kier alpha value is -3.39. The summed E-state index contributed by atoms with van der Waals surface area (Å²) in [5, 5.41) is 20.6. The van der Waals surface area contributed by atoms with Crippen LogP contribution < -0.4 is 10.8 Å². The molecular formula is C20H21FN2O5. The van der Waals surface area contributed by atoms with Crippen LogP contribution in [0.2, 0.25) is 0 Å². The van der Waals surface area contributed by atoms with E-state index in [0.29, 0.717) is 5.69 Å². The lowest BCUT2D eigenvalue weighted by Gasteiger charge is -2.31. The van der Waals surface area contributed by atoms with E-state index in [1.54, 1.807) is 44.2 Å². The van der Waals surface area contributed by atoms with Crippen LogP contribution >= 0.6 is 0 Å². The SMILES string of the molecule is CC(C)(/C=C/C(=O)NO)[C@@H](OC(=O)Nc1ccccc1)c1ccc(O)c(F)c1. The van der Waals surface area contributed by atoms with Gasteiger partial charge in [0.25, 0.3) is 5.91 Å². The first-order chi connectivity index (χ1) is 13.2. The number of phenolic OH excluding ortho intramolecular Hbond substituents is 1. The van der Waals surface area contributed by atoms with Crippen molar-refractivity contribution in [3.63, 3.8) is 0 Å². The minimum absolute atomic E-state index is 0.276. The molecule has 0 fully saturated rings. The number of hydroxylamine groups is 1. The van der Waals surface area contributed by atoms with Crippen LogP contribution in [0.4, 0.5) is 14.9 Å². The summed E-state index contributed by atoms with van der Waals surface area (Å²) in [5.41, 5.74) is 1.28. The molecule has 7 nitrogen and oxygen atoms in total. The largest absolute Gasteiger partial charge is 0.505 e. The number of anilines is 1.